The van der Waals surface area contributed by atoms with Crippen molar-refractivity contribution in [3.05, 3.63) is 50.3 Å². The first-order valence-electron chi connectivity index (χ1n) is 14.1. The van der Waals surface area contributed by atoms with Crippen LogP contribution in [-0.2, 0) is 17.6 Å². The molecule has 10 heteroatoms. The maximum absolute atomic E-state index is 14.0. The van der Waals surface area contributed by atoms with Gasteiger partial charge >= 0.3 is 11.8 Å². The van der Waals surface area contributed by atoms with E-state index in [0.717, 1.165) is 47.0 Å². The topological polar surface area (TPSA) is 93.5 Å². The van der Waals surface area contributed by atoms with Gasteiger partial charge < -0.3 is 14.5 Å². The molecule has 4 heterocycles. The molecule has 9 nitrogen and oxygen atoms in total. The van der Waals surface area contributed by atoms with E-state index in [1.807, 2.05) is 47.6 Å². The number of nitrogens with zero attached hydrogens (tertiary/aromatic N) is 6. The summed E-state index contributed by atoms with van der Waals surface area (Å²) in [6.07, 6.45) is 4.09. The van der Waals surface area contributed by atoms with Gasteiger partial charge in [0.05, 0.1) is 16.8 Å². The molecule has 3 aromatic rings. The fraction of sp³-hybridized carbons (Fsp3) is 0.567. The Morgan fingerprint density at radius 1 is 1.10 bits per heavy atom. The third-order valence-corrected chi connectivity index (χ3v) is 8.15. The van der Waals surface area contributed by atoms with Gasteiger partial charge in [-0.25, -0.2) is 19.1 Å². The van der Waals surface area contributed by atoms with Gasteiger partial charge in [0.2, 0.25) is 0 Å². The quantitative estimate of drug-likeness (QED) is 0.382. The minimum atomic E-state index is -0.579. The minimum absolute atomic E-state index is 0.0863. The van der Waals surface area contributed by atoms with Crippen molar-refractivity contribution < 1.29 is 9.53 Å². The number of piperazine rings is 1. The highest BCUT2D eigenvalue weighted by Crippen LogP contribution is 2.39. The second-order valence-corrected chi connectivity index (χ2v) is 12.8. The molecule has 1 aliphatic carbocycles. The highest BCUT2D eigenvalue weighted by atomic mass is 35.5. The Morgan fingerprint density at radius 3 is 2.48 bits per heavy atom. The third-order valence-electron chi connectivity index (χ3n) is 7.84. The standard InChI is InChI=1S/C30H39ClN6O3/c1-16(2)23-24(17(3)12-13-32-23)37-27-22(20-10-9-11-21(20)25(31)33-27)26(34-28(37)38)35-14-19(5)36(15-18(35)4)29(39)40-30(6,7)8/h12-13,16,18-19H,9-11,14-15H2,1-8H3/t18-,19+/m0/s1. The van der Waals surface area contributed by atoms with E-state index in [1.54, 1.807) is 15.7 Å². The summed E-state index contributed by atoms with van der Waals surface area (Å²) in [7, 11) is 0. The molecule has 0 aromatic carbocycles. The number of hydrogen-bond donors (Lipinski definition) is 0. The van der Waals surface area contributed by atoms with Crippen LogP contribution in [0, 0.1) is 6.92 Å². The Morgan fingerprint density at radius 2 is 1.80 bits per heavy atom. The smallest absolute Gasteiger partial charge is 0.410 e. The molecule has 40 heavy (non-hydrogen) atoms. The first kappa shape index (κ1) is 28.3. The molecule has 1 saturated heterocycles. The van der Waals surface area contributed by atoms with Crippen LogP contribution in [0.1, 0.15) is 83.2 Å². The molecule has 0 unspecified atom stereocenters. The van der Waals surface area contributed by atoms with Crippen LogP contribution in [0.4, 0.5) is 10.6 Å². The van der Waals surface area contributed by atoms with Crippen molar-refractivity contribution >= 4 is 34.5 Å². The molecule has 1 amide bonds. The molecule has 0 saturated carbocycles. The Balaban J connectivity index is 1.71. The van der Waals surface area contributed by atoms with Crippen LogP contribution in [0.3, 0.4) is 0 Å². The molecule has 1 fully saturated rings. The largest absolute Gasteiger partial charge is 0.444 e. The molecule has 5 rings (SSSR count). The predicted octanol–water partition coefficient (Wildman–Crippen LogP) is 5.58. The molecule has 0 radical (unpaired) electrons. The first-order valence-corrected chi connectivity index (χ1v) is 14.5. The Kier molecular flexibility index (Phi) is 7.31. The molecule has 0 bridgehead atoms. The van der Waals surface area contributed by atoms with Crippen molar-refractivity contribution in [3.63, 3.8) is 0 Å². The van der Waals surface area contributed by atoms with Gasteiger partial charge in [0.15, 0.2) is 5.65 Å². The molecule has 3 aromatic heterocycles. The Hall–Kier alpha value is -3.20. The van der Waals surface area contributed by atoms with E-state index < -0.39 is 11.3 Å². The highest BCUT2D eigenvalue weighted by Gasteiger charge is 2.37. The van der Waals surface area contributed by atoms with Crippen molar-refractivity contribution in [1.29, 1.82) is 0 Å². The maximum Gasteiger partial charge on any atom is 0.410 e. The van der Waals surface area contributed by atoms with E-state index in [1.165, 1.54) is 0 Å². The zero-order valence-electron chi connectivity index (χ0n) is 24.7. The summed E-state index contributed by atoms with van der Waals surface area (Å²) in [6, 6.07) is 1.66. The number of pyridine rings is 2. The number of carbonyl (C=O) groups excluding carboxylic acids is 1. The lowest BCUT2D eigenvalue weighted by Crippen LogP contribution is -2.59. The Labute approximate surface area is 240 Å². The molecular weight excluding hydrogens is 528 g/mol. The molecule has 2 aliphatic rings. The predicted molar refractivity (Wildman–Crippen MR) is 158 cm³/mol. The number of ether oxygens (including phenoxy) is 1. The van der Waals surface area contributed by atoms with Crippen molar-refractivity contribution in [2.24, 2.45) is 0 Å². The number of aromatic nitrogens is 4. The van der Waals surface area contributed by atoms with Crippen LogP contribution in [0.2, 0.25) is 5.15 Å². The van der Waals surface area contributed by atoms with Gasteiger partial charge in [0, 0.05) is 31.4 Å². The van der Waals surface area contributed by atoms with Crippen LogP contribution >= 0.6 is 11.6 Å². The number of anilines is 1. The average Bonchev–Trinajstić information content (AvgIpc) is 3.35. The van der Waals surface area contributed by atoms with Crippen LogP contribution in [0.25, 0.3) is 16.7 Å². The molecule has 1 aliphatic heterocycles. The summed E-state index contributed by atoms with van der Waals surface area (Å²) in [5.74, 6) is 0.692. The number of hydrogen-bond acceptors (Lipinski definition) is 7. The van der Waals surface area contributed by atoms with Crippen LogP contribution in [-0.4, -0.2) is 61.3 Å². The zero-order chi connectivity index (χ0) is 29.1. The lowest BCUT2D eigenvalue weighted by molar-refractivity contribution is 0.0130. The van der Waals surface area contributed by atoms with Gasteiger partial charge in [-0.1, -0.05) is 25.4 Å². The Bertz CT molecular complexity index is 1540. The van der Waals surface area contributed by atoms with Crippen molar-refractivity contribution in [2.75, 3.05) is 18.0 Å². The summed E-state index contributed by atoms with van der Waals surface area (Å²) in [5.41, 5.74) is 4.08. The number of halogens is 1. The number of carbonyl (C=O) groups is 1. The SMILES string of the molecule is Cc1ccnc(C(C)C)c1-n1c(=O)nc(N2C[C@@H](C)N(C(=O)OC(C)(C)C)C[C@@H]2C)c2c3c(c(Cl)nc21)CCC3. The number of rotatable bonds is 3. The molecule has 2 atom stereocenters. The fourth-order valence-corrected chi connectivity index (χ4v) is 6.26. The summed E-state index contributed by atoms with van der Waals surface area (Å²) < 4.78 is 7.28. The number of amides is 1. The molecule has 0 spiro atoms. The third kappa shape index (κ3) is 4.93. The zero-order valence-corrected chi connectivity index (χ0v) is 25.5. The van der Waals surface area contributed by atoms with E-state index in [-0.39, 0.29) is 24.1 Å². The molecule has 214 valence electrons. The van der Waals surface area contributed by atoms with Gasteiger partial charge in [-0.3, -0.25) is 4.98 Å². The van der Waals surface area contributed by atoms with E-state index in [0.29, 0.717) is 35.4 Å². The lowest BCUT2D eigenvalue weighted by atomic mass is 10.0. The van der Waals surface area contributed by atoms with Crippen molar-refractivity contribution in [1.82, 2.24) is 24.4 Å². The monoisotopic (exact) mass is 566 g/mol. The summed E-state index contributed by atoms with van der Waals surface area (Å²) in [5, 5.41) is 1.30. The number of fused-ring (bicyclic) bond motifs is 3. The van der Waals surface area contributed by atoms with Crippen molar-refractivity contribution in [2.45, 2.75) is 98.3 Å². The second-order valence-electron chi connectivity index (χ2n) is 12.5. The fourth-order valence-electron chi connectivity index (χ4n) is 5.97. The summed E-state index contributed by atoms with van der Waals surface area (Å²) >= 11 is 6.76. The van der Waals surface area contributed by atoms with Gasteiger partial charge in [-0.15, -0.1) is 0 Å². The van der Waals surface area contributed by atoms with Gasteiger partial charge in [0.25, 0.3) is 0 Å². The first-order chi connectivity index (χ1) is 18.8. The minimum Gasteiger partial charge on any atom is -0.444 e. The highest BCUT2D eigenvalue weighted by molar-refractivity contribution is 6.31. The van der Waals surface area contributed by atoms with E-state index in [2.05, 4.69) is 23.7 Å². The van der Waals surface area contributed by atoms with Crippen molar-refractivity contribution in [3.8, 4) is 5.69 Å². The van der Waals surface area contributed by atoms with Crippen LogP contribution < -0.4 is 10.6 Å². The normalized spacial score (nSPS) is 19.4. The van der Waals surface area contributed by atoms with E-state index in [9.17, 15) is 9.59 Å². The molecule has 0 N–H and O–H groups in total. The van der Waals surface area contributed by atoms with E-state index in [4.69, 9.17) is 26.3 Å². The second kappa shape index (κ2) is 10.3. The number of aryl methyl sites for hydroxylation is 2. The molecular formula is C30H39ClN6O3. The van der Waals surface area contributed by atoms with Gasteiger partial charge in [-0.05, 0) is 89.5 Å². The van der Waals surface area contributed by atoms with Gasteiger partial charge in [0.1, 0.15) is 16.6 Å². The average molecular weight is 567 g/mol. The maximum atomic E-state index is 14.0. The van der Waals surface area contributed by atoms with Crippen LogP contribution in [0.5, 0.6) is 0 Å². The lowest BCUT2D eigenvalue weighted by Gasteiger charge is -2.45. The summed E-state index contributed by atoms with van der Waals surface area (Å²) in [6.45, 7) is 16.7. The van der Waals surface area contributed by atoms with E-state index >= 15 is 0 Å². The summed E-state index contributed by atoms with van der Waals surface area (Å²) in [4.78, 5) is 45.1. The van der Waals surface area contributed by atoms with Gasteiger partial charge in [-0.2, -0.15) is 4.98 Å². The van der Waals surface area contributed by atoms with Crippen LogP contribution in [0.15, 0.2) is 17.1 Å².